The molecule has 1 saturated heterocycles. The van der Waals surface area contributed by atoms with Gasteiger partial charge in [0.15, 0.2) is 0 Å². The summed E-state index contributed by atoms with van der Waals surface area (Å²) in [6, 6.07) is 5.23. The molecule has 1 aliphatic heterocycles. The number of rotatable bonds is 6. The molecule has 3 N–H and O–H groups in total. The van der Waals surface area contributed by atoms with Crippen LogP contribution in [0.4, 0.5) is 0 Å². The Balaban J connectivity index is 2.01. The minimum Gasteiger partial charge on any atom is -0.354 e. The van der Waals surface area contributed by atoms with E-state index >= 15 is 0 Å². The van der Waals surface area contributed by atoms with Crippen molar-refractivity contribution in [2.45, 2.75) is 38.1 Å². The molecule has 2 rings (SSSR count). The number of likely N-dealkylation sites (tertiary alicyclic amines) is 1. The molecule has 5 nitrogen and oxygen atoms in total. The van der Waals surface area contributed by atoms with Crippen LogP contribution in [0.25, 0.3) is 0 Å². The molecule has 1 aliphatic rings. The fraction of sp³-hybridized carbons (Fsp3) is 0.529. The minimum absolute atomic E-state index is 0.00855. The second kappa shape index (κ2) is 9.25. The zero-order valence-electron chi connectivity index (χ0n) is 13.6. The first kappa shape index (κ1) is 19.0. The fourth-order valence-electron chi connectivity index (χ4n) is 2.95. The number of piperidine rings is 1. The average Bonchev–Trinajstić information content (AvgIpc) is 2.57. The Kier molecular flexibility index (Phi) is 7.34. The van der Waals surface area contributed by atoms with Gasteiger partial charge in [0.25, 0.3) is 0 Å². The molecule has 7 heteroatoms. The van der Waals surface area contributed by atoms with Gasteiger partial charge < -0.3 is 16.0 Å². The van der Waals surface area contributed by atoms with E-state index in [4.69, 9.17) is 28.9 Å². The van der Waals surface area contributed by atoms with Crippen molar-refractivity contribution in [1.82, 2.24) is 10.2 Å². The molecular weight excluding hydrogens is 349 g/mol. The monoisotopic (exact) mass is 371 g/mol. The van der Waals surface area contributed by atoms with Crippen LogP contribution >= 0.6 is 23.2 Å². The number of nitrogens with one attached hydrogen (secondary N) is 1. The smallest absolute Gasteiger partial charge is 0.227 e. The molecule has 24 heavy (non-hydrogen) atoms. The highest BCUT2D eigenvalue weighted by molar-refractivity contribution is 6.36. The molecule has 2 amide bonds. The largest absolute Gasteiger partial charge is 0.354 e. The van der Waals surface area contributed by atoms with Crippen molar-refractivity contribution in [3.63, 3.8) is 0 Å². The normalized spacial score (nSPS) is 17.6. The van der Waals surface area contributed by atoms with Crippen LogP contribution in [0.2, 0.25) is 10.0 Å². The molecule has 1 unspecified atom stereocenters. The van der Waals surface area contributed by atoms with Gasteiger partial charge >= 0.3 is 0 Å². The summed E-state index contributed by atoms with van der Waals surface area (Å²) in [4.78, 5) is 26.2. The van der Waals surface area contributed by atoms with Gasteiger partial charge in [-0.05, 0) is 37.0 Å². The second-order valence-electron chi connectivity index (χ2n) is 5.96. The standard InChI is InChI=1S/C17H23Cl2N3O2/c18-14-5-3-6-15(19)13(14)10-17(24)22-9-2-1-4-12(22)11-21-16(23)7-8-20/h3,5-6,12H,1-2,4,7-11,20H2,(H,21,23). The summed E-state index contributed by atoms with van der Waals surface area (Å²) in [6.07, 6.45) is 3.37. The number of nitrogens with zero attached hydrogens (tertiary/aromatic N) is 1. The summed E-state index contributed by atoms with van der Waals surface area (Å²) in [7, 11) is 0. The quantitative estimate of drug-likeness (QED) is 0.805. The molecule has 1 fully saturated rings. The van der Waals surface area contributed by atoms with E-state index in [2.05, 4.69) is 5.32 Å². The van der Waals surface area contributed by atoms with Crippen LogP contribution in [0.1, 0.15) is 31.2 Å². The number of hydrogen-bond acceptors (Lipinski definition) is 3. The Morgan fingerprint density at radius 1 is 1.25 bits per heavy atom. The molecule has 0 aromatic heterocycles. The number of halogens is 2. The van der Waals surface area contributed by atoms with Gasteiger partial charge in [0.1, 0.15) is 0 Å². The molecule has 1 heterocycles. The van der Waals surface area contributed by atoms with E-state index in [0.29, 0.717) is 41.7 Å². The first-order valence-electron chi connectivity index (χ1n) is 8.22. The maximum atomic E-state index is 12.7. The Labute approximate surface area is 152 Å². The minimum atomic E-state index is -0.0791. The highest BCUT2D eigenvalue weighted by atomic mass is 35.5. The first-order valence-corrected chi connectivity index (χ1v) is 8.97. The molecule has 0 spiro atoms. The van der Waals surface area contributed by atoms with Gasteiger partial charge in [-0.3, -0.25) is 9.59 Å². The molecule has 1 aromatic rings. The topological polar surface area (TPSA) is 75.4 Å². The van der Waals surface area contributed by atoms with Gasteiger partial charge in [-0.2, -0.15) is 0 Å². The van der Waals surface area contributed by atoms with E-state index < -0.39 is 0 Å². The SMILES string of the molecule is NCCC(=O)NCC1CCCCN1C(=O)Cc1c(Cl)cccc1Cl. The van der Waals surface area contributed by atoms with Crippen molar-refractivity contribution in [3.8, 4) is 0 Å². The van der Waals surface area contributed by atoms with Crippen LogP contribution in [0.5, 0.6) is 0 Å². The van der Waals surface area contributed by atoms with Crippen molar-refractivity contribution in [1.29, 1.82) is 0 Å². The van der Waals surface area contributed by atoms with Crippen molar-refractivity contribution in [3.05, 3.63) is 33.8 Å². The number of carbonyl (C=O) groups excluding carboxylic acids is 2. The lowest BCUT2D eigenvalue weighted by atomic mass is 10.0. The summed E-state index contributed by atoms with van der Waals surface area (Å²) in [5.74, 6) is -0.0904. The Hall–Kier alpha value is -1.30. The molecule has 132 valence electrons. The lowest BCUT2D eigenvalue weighted by Gasteiger charge is -2.36. The summed E-state index contributed by atoms with van der Waals surface area (Å²) >= 11 is 12.3. The van der Waals surface area contributed by atoms with Gasteiger partial charge in [-0.1, -0.05) is 29.3 Å². The van der Waals surface area contributed by atoms with E-state index in [0.717, 1.165) is 19.3 Å². The van der Waals surface area contributed by atoms with E-state index in [9.17, 15) is 9.59 Å². The number of amides is 2. The molecule has 1 aromatic carbocycles. The third-order valence-electron chi connectivity index (χ3n) is 4.24. The summed E-state index contributed by atoms with van der Waals surface area (Å²) in [5, 5.41) is 3.86. The summed E-state index contributed by atoms with van der Waals surface area (Å²) < 4.78 is 0. The van der Waals surface area contributed by atoms with E-state index in [1.807, 2.05) is 4.90 Å². The predicted molar refractivity (Wildman–Crippen MR) is 96.2 cm³/mol. The zero-order chi connectivity index (χ0) is 17.5. The highest BCUT2D eigenvalue weighted by Crippen LogP contribution is 2.26. The molecular formula is C17H23Cl2N3O2. The Bertz CT molecular complexity index is 575. The van der Waals surface area contributed by atoms with E-state index in [1.165, 1.54) is 0 Å². The average molecular weight is 372 g/mol. The van der Waals surface area contributed by atoms with Gasteiger partial charge in [0.2, 0.25) is 11.8 Å². The van der Waals surface area contributed by atoms with Crippen molar-refractivity contribution in [2.24, 2.45) is 5.73 Å². The van der Waals surface area contributed by atoms with Gasteiger partial charge in [-0.25, -0.2) is 0 Å². The van der Waals surface area contributed by atoms with Gasteiger partial charge in [-0.15, -0.1) is 0 Å². The molecule has 0 saturated carbocycles. The van der Waals surface area contributed by atoms with E-state index in [1.54, 1.807) is 18.2 Å². The maximum Gasteiger partial charge on any atom is 0.227 e. The Morgan fingerprint density at radius 2 is 1.96 bits per heavy atom. The second-order valence-corrected chi connectivity index (χ2v) is 6.77. The number of benzene rings is 1. The number of carbonyl (C=O) groups is 2. The Morgan fingerprint density at radius 3 is 2.62 bits per heavy atom. The highest BCUT2D eigenvalue weighted by Gasteiger charge is 2.27. The van der Waals surface area contributed by atoms with Crippen molar-refractivity contribution < 1.29 is 9.59 Å². The third kappa shape index (κ3) is 5.10. The van der Waals surface area contributed by atoms with Crippen LogP contribution in [0.3, 0.4) is 0 Å². The lowest BCUT2D eigenvalue weighted by molar-refractivity contribution is -0.134. The van der Waals surface area contributed by atoms with Crippen LogP contribution in [0, 0.1) is 0 Å². The third-order valence-corrected chi connectivity index (χ3v) is 4.95. The molecule has 0 aliphatic carbocycles. The zero-order valence-corrected chi connectivity index (χ0v) is 15.1. The van der Waals surface area contributed by atoms with Crippen LogP contribution in [0.15, 0.2) is 18.2 Å². The first-order chi connectivity index (χ1) is 11.5. The van der Waals surface area contributed by atoms with Crippen molar-refractivity contribution >= 4 is 35.0 Å². The van der Waals surface area contributed by atoms with Crippen LogP contribution < -0.4 is 11.1 Å². The van der Waals surface area contributed by atoms with Crippen LogP contribution in [-0.4, -0.2) is 42.4 Å². The fourth-order valence-corrected chi connectivity index (χ4v) is 3.48. The predicted octanol–water partition coefficient (Wildman–Crippen LogP) is 2.38. The van der Waals surface area contributed by atoms with Crippen molar-refractivity contribution in [2.75, 3.05) is 19.6 Å². The van der Waals surface area contributed by atoms with Gasteiger partial charge in [0, 0.05) is 42.1 Å². The molecule has 1 atom stereocenters. The lowest BCUT2D eigenvalue weighted by Crippen LogP contribution is -2.50. The summed E-state index contributed by atoms with van der Waals surface area (Å²) in [6.45, 7) is 1.48. The number of nitrogens with two attached hydrogens (primary N) is 1. The summed E-state index contributed by atoms with van der Waals surface area (Å²) in [5.41, 5.74) is 6.03. The number of hydrogen-bond donors (Lipinski definition) is 2. The van der Waals surface area contributed by atoms with Crippen LogP contribution in [-0.2, 0) is 16.0 Å². The molecule has 0 bridgehead atoms. The maximum absolute atomic E-state index is 12.7. The van der Waals surface area contributed by atoms with E-state index in [-0.39, 0.29) is 24.3 Å². The van der Waals surface area contributed by atoms with Gasteiger partial charge in [0.05, 0.1) is 6.42 Å². The molecule has 0 radical (unpaired) electrons.